The lowest BCUT2D eigenvalue weighted by Gasteiger charge is -2.16. The highest BCUT2D eigenvalue weighted by Crippen LogP contribution is 2.32. The molecule has 0 radical (unpaired) electrons. The highest BCUT2D eigenvalue weighted by Gasteiger charge is 2.25. The van der Waals surface area contributed by atoms with Crippen molar-refractivity contribution in [2.45, 2.75) is 18.7 Å². The van der Waals surface area contributed by atoms with Crippen molar-refractivity contribution in [1.29, 1.82) is 0 Å². The molecule has 0 unspecified atom stereocenters. The molecule has 0 spiro atoms. The summed E-state index contributed by atoms with van der Waals surface area (Å²) in [7, 11) is -2.83. The molecule has 5 nitrogen and oxygen atoms in total. The number of halogens is 2. The fraction of sp³-hybridized carbons (Fsp3) is 0.188. The van der Waals surface area contributed by atoms with Gasteiger partial charge in [0.05, 0.1) is 22.8 Å². The Balaban J connectivity index is 2.61. The standard InChI is InChI=1S/C16H15Cl2NO4S/c1-9-5-4-6-12(14(9)18)24(21,22)19-15-10(2)7-8-11(17)13(15)16(20)23-3/h4-8,19H,1-3H3. The van der Waals surface area contributed by atoms with Crippen LogP contribution in [0.4, 0.5) is 5.69 Å². The van der Waals surface area contributed by atoms with Crippen molar-refractivity contribution in [3.8, 4) is 0 Å². The summed E-state index contributed by atoms with van der Waals surface area (Å²) in [4.78, 5) is 11.9. The Kier molecular flexibility index (Phi) is 5.42. The summed E-state index contributed by atoms with van der Waals surface area (Å²) in [6.45, 7) is 3.35. The van der Waals surface area contributed by atoms with E-state index in [0.29, 0.717) is 11.1 Å². The van der Waals surface area contributed by atoms with E-state index in [-0.39, 0.29) is 26.2 Å². The summed E-state index contributed by atoms with van der Waals surface area (Å²) in [5.74, 6) is -0.739. The predicted molar refractivity (Wildman–Crippen MR) is 94.5 cm³/mol. The lowest BCUT2D eigenvalue weighted by molar-refractivity contribution is 0.0602. The number of aryl methyl sites for hydroxylation is 2. The monoisotopic (exact) mass is 387 g/mol. The second kappa shape index (κ2) is 7.01. The molecule has 0 bridgehead atoms. The number of nitrogens with one attached hydrogen (secondary N) is 1. The molecule has 0 aliphatic heterocycles. The molecule has 2 aromatic carbocycles. The minimum Gasteiger partial charge on any atom is -0.465 e. The Morgan fingerprint density at radius 2 is 1.75 bits per heavy atom. The maximum absolute atomic E-state index is 12.7. The number of carbonyl (C=O) groups excluding carboxylic acids is 1. The second-order valence-corrected chi connectivity index (χ2v) is 7.53. The molecule has 0 heterocycles. The van der Waals surface area contributed by atoms with Crippen molar-refractivity contribution < 1.29 is 17.9 Å². The van der Waals surface area contributed by atoms with E-state index in [1.807, 2.05) is 0 Å². The molecule has 0 aliphatic rings. The van der Waals surface area contributed by atoms with Gasteiger partial charge in [-0.15, -0.1) is 0 Å². The third-order valence-electron chi connectivity index (χ3n) is 3.43. The van der Waals surface area contributed by atoms with Gasteiger partial charge in [0.25, 0.3) is 10.0 Å². The SMILES string of the molecule is COC(=O)c1c(Cl)ccc(C)c1NS(=O)(=O)c1cccc(C)c1Cl. The average Bonchev–Trinajstić information content (AvgIpc) is 2.52. The molecule has 2 rings (SSSR count). The van der Waals surface area contributed by atoms with Crippen LogP contribution >= 0.6 is 23.2 Å². The van der Waals surface area contributed by atoms with Gasteiger partial charge in [-0.05, 0) is 37.1 Å². The van der Waals surface area contributed by atoms with Crippen LogP contribution in [0.25, 0.3) is 0 Å². The smallest absolute Gasteiger partial charge is 0.341 e. The zero-order valence-electron chi connectivity index (χ0n) is 13.2. The van der Waals surface area contributed by atoms with E-state index in [4.69, 9.17) is 27.9 Å². The molecule has 0 atom stereocenters. The van der Waals surface area contributed by atoms with Gasteiger partial charge < -0.3 is 4.74 Å². The third-order valence-corrected chi connectivity index (χ3v) is 5.76. The number of benzene rings is 2. The van der Waals surface area contributed by atoms with Crippen molar-refractivity contribution in [3.05, 3.63) is 57.1 Å². The molecule has 0 saturated carbocycles. The van der Waals surface area contributed by atoms with Gasteiger partial charge in [0.15, 0.2) is 0 Å². The van der Waals surface area contributed by atoms with Crippen LogP contribution in [-0.2, 0) is 14.8 Å². The molecule has 8 heteroatoms. The van der Waals surface area contributed by atoms with Crippen molar-refractivity contribution in [2.75, 3.05) is 11.8 Å². The van der Waals surface area contributed by atoms with E-state index in [1.54, 1.807) is 32.0 Å². The summed E-state index contributed by atoms with van der Waals surface area (Å²) in [6, 6.07) is 7.77. The Morgan fingerprint density at radius 3 is 2.38 bits per heavy atom. The molecule has 128 valence electrons. The zero-order valence-corrected chi connectivity index (χ0v) is 15.5. The number of methoxy groups -OCH3 is 1. The van der Waals surface area contributed by atoms with Crippen LogP contribution < -0.4 is 4.72 Å². The Morgan fingerprint density at radius 1 is 1.08 bits per heavy atom. The molecular weight excluding hydrogens is 373 g/mol. The first-order valence-corrected chi connectivity index (χ1v) is 9.08. The van der Waals surface area contributed by atoms with Crippen molar-refractivity contribution in [3.63, 3.8) is 0 Å². The van der Waals surface area contributed by atoms with E-state index in [2.05, 4.69) is 4.72 Å². The number of anilines is 1. The number of sulfonamides is 1. The lowest BCUT2D eigenvalue weighted by atomic mass is 10.1. The van der Waals surface area contributed by atoms with Crippen LogP contribution in [0.1, 0.15) is 21.5 Å². The molecule has 0 aromatic heterocycles. The van der Waals surface area contributed by atoms with Gasteiger partial charge in [-0.2, -0.15) is 0 Å². The first kappa shape index (κ1) is 18.6. The van der Waals surface area contributed by atoms with Gasteiger partial charge in [-0.1, -0.05) is 41.4 Å². The van der Waals surface area contributed by atoms with Crippen molar-refractivity contribution in [1.82, 2.24) is 0 Å². The maximum Gasteiger partial charge on any atom is 0.341 e. The normalized spacial score (nSPS) is 11.2. The Hall–Kier alpha value is -1.76. The average molecular weight is 388 g/mol. The quantitative estimate of drug-likeness (QED) is 0.797. The number of hydrogen-bond acceptors (Lipinski definition) is 4. The van der Waals surface area contributed by atoms with Gasteiger partial charge in [0.1, 0.15) is 10.5 Å². The second-order valence-electron chi connectivity index (χ2n) is 5.10. The molecule has 0 aliphatic carbocycles. The van der Waals surface area contributed by atoms with E-state index >= 15 is 0 Å². The number of esters is 1. The largest absolute Gasteiger partial charge is 0.465 e. The van der Waals surface area contributed by atoms with Crippen LogP contribution in [-0.4, -0.2) is 21.5 Å². The summed E-state index contributed by atoms with van der Waals surface area (Å²) >= 11 is 12.2. The first-order valence-electron chi connectivity index (χ1n) is 6.84. The van der Waals surface area contributed by atoms with Crippen LogP contribution in [0, 0.1) is 13.8 Å². The van der Waals surface area contributed by atoms with Gasteiger partial charge >= 0.3 is 5.97 Å². The van der Waals surface area contributed by atoms with E-state index in [9.17, 15) is 13.2 Å². The topological polar surface area (TPSA) is 72.5 Å². The highest BCUT2D eigenvalue weighted by molar-refractivity contribution is 7.92. The molecule has 0 fully saturated rings. The van der Waals surface area contributed by atoms with E-state index < -0.39 is 16.0 Å². The molecule has 0 saturated heterocycles. The molecule has 2 aromatic rings. The number of carbonyl (C=O) groups is 1. The van der Waals surface area contributed by atoms with Gasteiger partial charge in [0.2, 0.25) is 0 Å². The van der Waals surface area contributed by atoms with Crippen LogP contribution in [0.5, 0.6) is 0 Å². The number of ether oxygens (including phenoxy) is 1. The highest BCUT2D eigenvalue weighted by atomic mass is 35.5. The van der Waals surface area contributed by atoms with Crippen LogP contribution in [0.3, 0.4) is 0 Å². The molecule has 1 N–H and O–H groups in total. The summed E-state index contributed by atoms with van der Waals surface area (Å²) in [6.07, 6.45) is 0. The van der Waals surface area contributed by atoms with Crippen molar-refractivity contribution in [2.24, 2.45) is 0 Å². The minimum atomic E-state index is -4.02. The zero-order chi connectivity index (χ0) is 18.1. The Bertz CT molecular complexity index is 911. The molecule has 0 amide bonds. The summed E-state index contributed by atoms with van der Waals surface area (Å²) in [5, 5.41) is 0.199. The minimum absolute atomic E-state index is 0.0495. The van der Waals surface area contributed by atoms with Gasteiger partial charge in [0, 0.05) is 0 Å². The Labute approximate surface area is 150 Å². The summed E-state index contributed by atoms with van der Waals surface area (Å²) in [5.41, 5.74) is 1.15. The predicted octanol–water partition coefficient (Wildman–Crippen LogP) is 4.20. The number of rotatable bonds is 4. The van der Waals surface area contributed by atoms with Crippen LogP contribution in [0.2, 0.25) is 10.0 Å². The lowest BCUT2D eigenvalue weighted by Crippen LogP contribution is -2.18. The molecule has 24 heavy (non-hydrogen) atoms. The maximum atomic E-state index is 12.7. The first-order chi connectivity index (χ1) is 11.2. The third kappa shape index (κ3) is 3.50. The summed E-state index contributed by atoms with van der Waals surface area (Å²) < 4.78 is 32.5. The fourth-order valence-electron chi connectivity index (χ4n) is 2.13. The van der Waals surface area contributed by atoms with Crippen molar-refractivity contribution >= 4 is 44.9 Å². The van der Waals surface area contributed by atoms with E-state index in [0.717, 1.165) is 0 Å². The van der Waals surface area contributed by atoms with Gasteiger partial charge in [-0.3, -0.25) is 4.72 Å². The number of hydrogen-bond donors (Lipinski definition) is 1. The fourth-order valence-corrected chi connectivity index (χ4v) is 4.09. The van der Waals surface area contributed by atoms with E-state index in [1.165, 1.54) is 19.2 Å². The molecular formula is C16H15Cl2NO4S. The van der Waals surface area contributed by atoms with Crippen LogP contribution in [0.15, 0.2) is 35.2 Å². The van der Waals surface area contributed by atoms with Gasteiger partial charge in [-0.25, -0.2) is 13.2 Å².